The van der Waals surface area contributed by atoms with E-state index in [0.29, 0.717) is 18.4 Å². The first kappa shape index (κ1) is 18.4. The molecule has 132 valence electrons. The Hall–Kier alpha value is -1.93. The molecular formula is C16H22N2O5S. The van der Waals surface area contributed by atoms with Crippen LogP contribution in [0.15, 0.2) is 24.3 Å². The second-order valence-corrected chi connectivity index (χ2v) is 7.95. The van der Waals surface area contributed by atoms with Crippen LogP contribution in [0.1, 0.15) is 48.0 Å². The Bertz CT molecular complexity index is 724. The van der Waals surface area contributed by atoms with E-state index in [1.807, 2.05) is 0 Å². The fraction of sp³-hybridized carbons (Fsp3) is 0.500. The van der Waals surface area contributed by atoms with Gasteiger partial charge in [0.1, 0.15) is 0 Å². The van der Waals surface area contributed by atoms with E-state index in [-0.39, 0.29) is 17.9 Å². The highest BCUT2D eigenvalue weighted by Gasteiger charge is 2.39. The molecule has 0 heterocycles. The molecule has 1 amide bonds. The van der Waals surface area contributed by atoms with Crippen molar-refractivity contribution in [2.45, 2.75) is 37.9 Å². The minimum absolute atomic E-state index is 0.0700. The van der Waals surface area contributed by atoms with Crippen LogP contribution in [0.25, 0.3) is 0 Å². The van der Waals surface area contributed by atoms with Crippen molar-refractivity contribution in [3.8, 4) is 0 Å². The summed E-state index contributed by atoms with van der Waals surface area (Å²) in [5, 5.41) is 17.2. The van der Waals surface area contributed by atoms with Crippen molar-refractivity contribution in [1.29, 1.82) is 0 Å². The third kappa shape index (κ3) is 4.78. The molecule has 0 radical (unpaired) electrons. The summed E-state index contributed by atoms with van der Waals surface area (Å²) in [5.41, 5.74) is -0.213. The van der Waals surface area contributed by atoms with E-state index in [4.69, 9.17) is 5.14 Å². The van der Waals surface area contributed by atoms with E-state index in [1.54, 1.807) is 18.2 Å². The van der Waals surface area contributed by atoms with Gasteiger partial charge in [-0.05, 0) is 30.5 Å². The van der Waals surface area contributed by atoms with Crippen molar-refractivity contribution in [2.75, 3.05) is 6.54 Å². The minimum atomic E-state index is -3.68. The zero-order valence-electron chi connectivity index (χ0n) is 13.3. The molecule has 1 saturated carbocycles. The number of sulfonamides is 1. The molecule has 0 aromatic heterocycles. The summed E-state index contributed by atoms with van der Waals surface area (Å²) in [6.07, 6.45) is 3.79. The van der Waals surface area contributed by atoms with Crippen LogP contribution in [0.2, 0.25) is 0 Å². The Morgan fingerprint density at radius 3 is 2.46 bits per heavy atom. The van der Waals surface area contributed by atoms with Gasteiger partial charge in [0.05, 0.1) is 11.2 Å². The first-order valence-electron chi connectivity index (χ1n) is 7.83. The van der Waals surface area contributed by atoms with Gasteiger partial charge >= 0.3 is 5.97 Å². The number of aliphatic carboxylic acids is 1. The summed E-state index contributed by atoms with van der Waals surface area (Å²) in [4.78, 5) is 23.9. The molecule has 1 aliphatic carbocycles. The lowest BCUT2D eigenvalue weighted by Gasteiger charge is -2.33. The second-order valence-electron chi connectivity index (χ2n) is 6.34. The van der Waals surface area contributed by atoms with Crippen molar-refractivity contribution < 1.29 is 23.1 Å². The second kappa shape index (κ2) is 7.31. The lowest BCUT2D eigenvalue weighted by molar-refractivity contribution is -0.150. The summed E-state index contributed by atoms with van der Waals surface area (Å²) >= 11 is 0. The highest BCUT2D eigenvalue weighted by Crippen LogP contribution is 2.36. The fourth-order valence-corrected chi connectivity index (χ4v) is 3.73. The molecule has 0 unspecified atom stereocenters. The zero-order valence-corrected chi connectivity index (χ0v) is 14.1. The molecule has 0 saturated heterocycles. The van der Waals surface area contributed by atoms with Gasteiger partial charge in [0.15, 0.2) is 0 Å². The fourth-order valence-electron chi connectivity index (χ4n) is 3.08. The number of carbonyl (C=O) groups is 2. The van der Waals surface area contributed by atoms with Crippen molar-refractivity contribution in [1.82, 2.24) is 5.32 Å². The number of carboxylic acids is 1. The first-order valence-corrected chi connectivity index (χ1v) is 9.54. The molecule has 2 rings (SSSR count). The molecule has 0 spiro atoms. The number of rotatable bonds is 6. The third-order valence-electron chi connectivity index (χ3n) is 4.41. The van der Waals surface area contributed by atoms with Crippen LogP contribution in [0.3, 0.4) is 0 Å². The smallest absolute Gasteiger partial charge is 0.311 e. The number of hydrogen-bond donors (Lipinski definition) is 3. The quantitative estimate of drug-likeness (QED) is 0.708. The molecule has 0 atom stereocenters. The van der Waals surface area contributed by atoms with Gasteiger partial charge in [-0.25, -0.2) is 13.6 Å². The standard InChI is InChI=1S/C16H22N2O5S/c17-24(22,23)10-12-5-4-6-13(9-12)14(19)18-11-16(15(20)21)7-2-1-3-8-16/h4-6,9H,1-3,7-8,10-11H2,(H,18,19)(H,20,21)(H2,17,22,23). The van der Waals surface area contributed by atoms with Gasteiger partial charge in [0, 0.05) is 12.1 Å². The highest BCUT2D eigenvalue weighted by molar-refractivity contribution is 7.88. The average molecular weight is 354 g/mol. The minimum Gasteiger partial charge on any atom is -0.481 e. The van der Waals surface area contributed by atoms with Gasteiger partial charge < -0.3 is 10.4 Å². The zero-order chi connectivity index (χ0) is 17.8. The van der Waals surface area contributed by atoms with Crippen molar-refractivity contribution >= 4 is 21.9 Å². The summed E-state index contributed by atoms with van der Waals surface area (Å²) in [7, 11) is -3.68. The van der Waals surface area contributed by atoms with E-state index in [1.165, 1.54) is 6.07 Å². The molecular weight excluding hydrogens is 332 g/mol. The van der Waals surface area contributed by atoms with Gasteiger partial charge in [-0.2, -0.15) is 0 Å². The Labute approximate surface area is 141 Å². The Kier molecular flexibility index (Phi) is 5.61. The molecule has 1 aliphatic rings. The Morgan fingerprint density at radius 1 is 1.21 bits per heavy atom. The number of primary sulfonamides is 1. The molecule has 0 bridgehead atoms. The van der Waals surface area contributed by atoms with Crippen LogP contribution in [-0.2, 0) is 20.6 Å². The topological polar surface area (TPSA) is 127 Å². The lowest BCUT2D eigenvalue weighted by Crippen LogP contribution is -2.44. The predicted octanol–water partition coefficient (Wildman–Crippen LogP) is 1.24. The Morgan fingerprint density at radius 2 is 1.88 bits per heavy atom. The van der Waals surface area contributed by atoms with Crippen LogP contribution in [0, 0.1) is 5.41 Å². The Balaban J connectivity index is 2.06. The maximum atomic E-state index is 12.3. The third-order valence-corrected chi connectivity index (χ3v) is 5.14. The highest BCUT2D eigenvalue weighted by atomic mass is 32.2. The van der Waals surface area contributed by atoms with E-state index >= 15 is 0 Å². The summed E-state index contributed by atoms with van der Waals surface area (Å²) < 4.78 is 22.3. The number of amides is 1. The number of carboxylic acid groups (broad SMARTS) is 1. The predicted molar refractivity (Wildman–Crippen MR) is 88.7 cm³/mol. The molecule has 4 N–H and O–H groups in total. The summed E-state index contributed by atoms with van der Waals surface area (Å²) in [6.45, 7) is 0.0700. The first-order chi connectivity index (χ1) is 11.2. The largest absolute Gasteiger partial charge is 0.481 e. The molecule has 1 fully saturated rings. The summed E-state index contributed by atoms with van der Waals surface area (Å²) in [6, 6.07) is 6.15. The van der Waals surface area contributed by atoms with Gasteiger partial charge in [-0.15, -0.1) is 0 Å². The number of benzene rings is 1. The maximum absolute atomic E-state index is 12.3. The number of nitrogens with two attached hydrogens (primary N) is 1. The number of carbonyl (C=O) groups excluding carboxylic acids is 1. The van der Waals surface area contributed by atoms with Crippen LogP contribution >= 0.6 is 0 Å². The number of hydrogen-bond acceptors (Lipinski definition) is 4. The van der Waals surface area contributed by atoms with Crippen LogP contribution < -0.4 is 10.5 Å². The van der Waals surface area contributed by atoms with Gasteiger partial charge in [-0.3, -0.25) is 9.59 Å². The molecule has 8 heteroatoms. The van der Waals surface area contributed by atoms with Gasteiger partial charge in [0.2, 0.25) is 10.0 Å². The van der Waals surface area contributed by atoms with Crippen molar-refractivity contribution in [3.63, 3.8) is 0 Å². The molecule has 7 nitrogen and oxygen atoms in total. The number of nitrogens with one attached hydrogen (secondary N) is 1. The normalized spacial score (nSPS) is 17.2. The SMILES string of the molecule is NS(=O)(=O)Cc1cccc(C(=O)NCC2(C(=O)O)CCCCC2)c1. The van der Waals surface area contributed by atoms with Crippen molar-refractivity contribution in [3.05, 3.63) is 35.4 Å². The molecule has 1 aromatic rings. The van der Waals surface area contributed by atoms with E-state index in [9.17, 15) is 23.1 Å². The van der Waals surface area contributed by atoms with Crippen LogP contribution in [0.5, 0.6) is 0 Å². The van der Waals surface area contributed by atoms with Crippen LogP contribution in [0.4, 0.5) is 0 Å². The average Bonchev–Trinajstić information content (AvgIpc) is 2.52. The molecule has 24 heavy (non-hydrogen) atoms. The van der Waals surface area contributed by atoms with E-state index in [0.717, 1.165) is 19.3 Å². The lowest BCUT2D eigenvalue weighted by atomic mass is 9.74. The van der Waals surface area contributed by atoms with Crippen LogP contribution in [-0.4, -0.2) is 31.9 Å². The van der Waals surface area contributed by atoms with Gasteiger partial charge in [-0.1, -0.05) is 31.4 Å². The van der Waals surface area contributed by atoms with E-state index < -0.39 is 27.3 Å². The molecule has 1 aromatic carbocycles. The molecule has 0 aliphatic heterocycles. The monoisotopic (exact) mass is 354 g/mol. The summed E-state index contributed by atoms with van der Waals surface area (Å²) in [5.74, 6) is -1.66. The van der Waals surface area contributed by atoms with Gasteiger partial charge in [0.25, 0.3) is 5.91 Å². The van der Waals surface area contributed by atoms with E-state index in [2.05, 4.69) is 5.32 Å². The maximum Gasteiger partial charge on any atom is 0.311 e. The van der Waals surface area contributed by atoms with Crippen molar-refractivity contribution in [2.24, 2.45) is 10.6 Å².